The van der Waals surface area contributed by atoms with Gasteiger partial charge in [0.25, 0.3) is 0 Å². The van der Waals surface area contributed by atoms with Gasteiger partial charge in [-0.3, -0.25) is 0 Å². The molecule has 0 bridgehead atoms. The first kappa shape index (κ1) is 13.4. The van der Waals surface area contributed by atoms with Crippen LogP contribution >= 0.6 is 0 Å². The summed E-state index contributed by atoms with van der Waals surface area (Å²) in [5, 5.41) is 0. The third-order valence-corrected chi connectivity index (χ3v) is 4.38. The molecule has 1 aliphatic carbocycles. The molecule has 2 aromatic rings. The standard InChI is InChI=1S/C18H24N2/c1-11(2)13-8-9-16(15-7-5-6-14(13)15)17-10-19-18(20-17)12(3)4/h8-12H,5-7H2,1-4H3,(H,19,20). The Morgan fingerprint density at radius 2 is 1.75 bits per heavy atom. The highest BCUT2D eigenvalue weighted by molar-refractivity contribution is 5.67. The number of benzene rings is 1. The summed E-state index contributed by atoms with van der Waals surface area (Å²) in [7, 11) is 0. The highest BCUT2D eigenvalue weighted by Gasteiger charge is 2.21. The van der Waals surface area contributed by atoms with Crippen molar-refractivity contribution in [1.82, 2.24) is 9.97 Å². The number of nitrogens with zero attached hydrogens (tertiary/aromatic N) is 1. The molecule has 0 unspecified atom stereocenters. The first-order valence-electron chi connectivity index (χ1n) is 7.78. The molecule has 0 radical (unpaired) electrons. The van der Waals surface area contributed by atoms with Crippen LogP contribution in [0.3, 0.4) is 0 Å². The fourth-order valence-electron chi connectivity index (χ4n) is 3.29. The lowest BCUT2D eigenvalue weighted by atomic mass is 9.91. The topological polar surface area (TPSA) is 28.7 Å². The van der Waals surface area contributed by atoms with Crippen LogP contribution < -0.4 is 0 Å². The molecule has 0 fully saturated rings. The van der Waals surface area contributed by atoms with Gasteiger partial charge in [-0.1, -0.05) is 39.8 Å². The van der Waals surface area contributed by atoms with Gasteiger partial charge >= 0.3 is 0 Å². The van der Waals surface area contributed by atoms with E-state index in [1.165, 1.54) is 36.1 Å². The second-order valence-electron chi connectivity index (χ2n) is 6.50. The Labute approximate surface area is 121 Å². The zero-order chi connectivity index (χ0) is 14.3. The molecule has 3 rings (SSSR count). The molecule has 20 heavy (non-hydrogen) atoms. The predicted octanol–water partition coefficient (Wildman–Crippen LogP) is 4.81. The normalized spacial score (nSPS) is 14.3. The largest absolute Gasteiger partial charge is 0.342 e. The fourth-order valence-corrected chi connectivity index (χ4v) is 3.29. The van der Waals surface area contributed by atoms with E-state index in [-0.39, 0.29) is 0 Å². The van der Waals surface area contributed by atoms with E-state index >= 15 is 0 Å². The van der Waals surface area contributed by atoms with Crippen LogP contribution in [0.4, 0.5) is 0 Å². The van der Waals surface area contributed by atoms with Gasteiger partial charge in [0, 0.05) is 11.5 Å². The molecule has 1 heterocycles. The third kappa shape index (κ3) is 2.17. The Balaban J connectivity index is 2.08. The second kappa shape index (κ2) is 5.08. The van der Waals surface area contributed by atoms with Crippen molar-refractivity contribution in [3.63, 3.8) is 0 Å². The van der Waals surface area contributed by atoms with Crippen LogP contribution in [0.15, 0.2) is 18.3 Å². The van der Waals surface area contributed by atoms with Crippen molar-refractivity contribution in [2.75, 3.05) is 0 Å². The van der Waals surface area contributed by atoms with E-state index in [2.05, 4.69) is 49.8 Å². The predicted molar refractivity (Wildman–Crippen MR) is 84.2 cm³/mol. The van der Waals surface area contributed by atoms with E-state index < -0.39 is 0 Å². The van der Waals surface area contributed by atoms with Gasteiger partial charge in [0.05, 0.1) is 11.9 Å². The minimum atomic E-state index is 0.451. The van der Waals surface area contributed by atoms with E-state index in [0.29, 0.717) is 11.8 Å². The van der Waals surface area contributed by atoms with Crippen LogP contribution in [0.25, 0.3) is 11.3 Å². The molecule has 1 N–H and O–H groups in total. The maximum absolute atomic E-state index is 4.52. The van der Waals surface area contributed by atoms with Gasteiger partial charge in [-0.2, -0.15) is 0 Å². The summed E-state index contributed by atoms with van der Waals surface area (Å²) in [5.41, 5.74) is 7.22. The van der Waals surface area contributed by atoms with Crippen LogP contribution in [-0.4, -0.2) is 9.97 Å². The number of rotatable bonds is 3. The van der Waals surface area contributed by atoms with Gasteiger partial charge in [-0.15, -0.1) is 0 Å². The minimum absolute atomic E-state index is 0.451. The highest BCUT2D eigenvalue weighted by Crippen LogP contribution is 2.36. The summed E-state index contributed by atoms with van der Waals surface area (Å²) in [5.74, 6) is 2.15. The summed E-state index contributed by atoms with van der Waals surface area (Å²) < 4.78 is 0. The Kier molecular flexibility index (Phi) is 3.41. The Morgan fingerprint density at radius 3 is 2.40 bits per heavy atom. The quantitative estimate of drug-likeness (QED) is 0.850. The molecule has 106 valence electrons. The second-order valence-corrected chi connectivity index (χ2v) is 6.50. The number of aromatic amines is 1. The highest BCUT2D eigenvalue weighted by atomic mass is 14.9. The van der Waals surface area contributed by atoms with Crippen molar-refractivity contribution in [1.29, 1.82) is 0 Å². The average molecular weight is 268 g/mol. The number of aromatic nitrogens is 2. The molecular formula is C18H24N2. The number of nitrogens with one attached hydrogen (secondary N) is 1. The summed E-state index contributed by atoms with van der Waals surface area (Å²) in [6, 6.07) is 4.61. The molecule has 1 aromatic carbocycles. The average Bonchev–Trinajstić information content (AvgIpc) is 3.06. The molecule has 2 heteroatoms. The summed E-state index contributed by atoms with van der Waals surface area (Å²) in [6.45, 7) is 8.94. The van der Waals surface area contributed by atoms with Crippen LogP contribution in [0.1, 0.15) is 68.5 Å². The van der Waals surface area contributed by atoms with Crippen LogP contribution in [0.2, 0.25) is 0 Å². The lowest BCUT2D eigenvalue weighted by Gasteiger charge is -2.15. The van der Waals surface area contributed by atoms with Gasteiger partial charge < -0.3 is 4.98 Å². The Bertz CT molecular complexity index is 620. The Morgan fingerprint density at radius 1 is 1.00 bits per heavy atom. The van der Waals surface area contributed by atoms with Crippen LogP contribution in [0, 0.1) is 0 Å². The number of H-pyrrole nitrogens is 1. The maximum Gasteiger partial charge on any atom is 0.109 e. The van der Waals surface area contributed by atoms with Crippen molar-refractivity contribution in [2.24, 2.45) is 0 Å². The first-order valence-corrected chi connectivity index (χ1v) is 7.78. The third-order valence-electron chi connectivity index (χ3n) is 4.38. The number of hydrogen-bond acceptors (Lipinski definition) is 1. The van der Waals surface area contributed by atoms with E-state index in [1.807, 2.05) is 6.20 Å². The van der Waals surface area contributed by atoms with Crippen molar-refractivity contribution in [3.8, 4) is 11.3 Å². The molecule has 2 nitrogen and oxygen atoms in total. The van der Waals surface area contributed by atoms with Gasteiger partial charge in [-0.25, -0.2) is 4.98 Å². The zero-order valence-electron chi connectivity index (χ0n) is 13.0. The SMILES string of the molecule is CC(C)c1ncc(-c2ccc(C(C)C)c3c2CCC3)[nH]1. The lowest BCUT2D eigenvalue weighted by Crippen LogP contribution is -1.98. The molecular weight excluding hydrogens is 244 g/mol. The van der Waals surface area contributed by atoms with E-state index in [0.717, 1.165) is 5.82 Å². The summed E-state index contributed by atoms with van der Waals surface area (Å²) in [4.78, 5) is 8.02. The molecule has 0 spiro atoms. The smallest absolute Gasteiger partial charge is 0.109 e. The van der Waals surface area contributed by atoms with Gasteiger partial charge in [0.2, 0.25) is 0 Å². The van der Waals surface area contributed by atoms with Gasteiger partial charge in [-0.05, 0) is 41.9 Å². The molecule has 0 aliphatic heterocycles. The Hall–Kier alpha value is -1.57. The number of hydrogen-bond donors (Lipinski definition) is 1. The van der Waals surface area contributed by atoms with E-state index in [9.17, 15) is 0 Å². The van der Waals surface area contributed by atoms with Gasteiger partial charge in [0.15, 0.2) is 0 Å². The van der Waals surface area contributed by atoms with Crippen LogP contribution in [0.5, 0.6) is 0 Å². The summed E-state index contributed by atoms with van der Waals surface area (Å²) >= 11 is 0. The minimum Gasteiger partial charge on any atom is -0.342 e. The van der Waals surface area contributed by atoms with Crippen molar-refractivity contribution < 1.29 is 0 Å². The van der Waals surface area contributed by atoms with Crippen LogP contribution in [-0.2, 0) is 12.8 Å². The molecule has 1 aromatic heterocycles. The van der Waals surface area contributed by atoms with Gasteiger partial charge in [0.1, 0.15) is 5.82 Å². The fraction of sp³-hybridized carbons (Fsp3) is 0.500. The van der Waals surface area contributed by atoms with Crippen molar-refractivity contribution in [3.05, 3.63) is 40.8 Å². The van der Waals surface area contributed by atoms with Crippen molar-refractivity contribution >= 4 is 0 Å². The molecule has 0 atom stereocenters. The summed E-state index contributed by atoms with van der Waals surface area (Å²) in [6.07, 6.45) is 5.73. The molecule has 0 amide bonds. The number of imidazole rings is 1. The lowest BCUT2D eigenvalue weighted by molar-refractivity contribution is 0.795. The molecule has 0 saturated carbocycles. The number of fused-ring (bicyclic) bond motifs is 1. The first-order chi connectivity index (χ1) is 9.58. The molecule has 1 aliphatic rings. The van der Waals surface area contributed by atoms with E-state index in [4.69, 9.17) is 0 Å². The maximum atomic E-state index is 4.52. The van der Waals surface area contributed by atoms with Crippen molar-refractivity contribution in [2.45, 2.75) is 58.8 Å². The zero-order valence-corrected chi connectivity index (χ0v) is 13.0. The monoisotopic (exact) mass is 268 g/mol. The van der Waals surface area contributed by atoms with E-state index in [1.54, 1.807) is 11.1 Å². The molecule has 0 saturated heterocycles.